The van der Waals surface area contributed by atoms with E-state index in [1.165, 1.54) is 11.6 Å². The maximum absolute atomic E-state index is 13.4. The highest BCUT2D eigenvalue weighted by Gasteiger charge is 2.31. The normalized spacial score (nSPS) is 27.7. The van der Waals surface area contributed by atoms with Crippen molar-refractivity contribution < 1.29 is 9.13 Å². The van der Waals surface area contributed by atoms with E-state index in [0.717, 1.165) is 19.5 Å². The topological polar surface area (TPSA) is 21.3 Å². The molecule has 2 aliphatic rings. The summed E-state index contributed by atoms with van der Waals surface area (Å²) >= 11 is 0. The Balaban J connectivity index is 1.73. The number of para-hydroxylation sites is 1. The number of halogens is 1. The highest BCUT2D eigenvalue weighted by Crippen LogP contribution is 2.31. The van der Waals surface area contributed by atoms with Crippen LogP contribution in [0.5, 0.6) is 5.75 Å². The molecule has 16 heavy (non-hydrogen) atoms. The van der Waals surface area contributed by atoms with Crippen LogP contribution in [0.15, 0.2) is 35.9 Å². The Morgan fingerprint density at radius 1 is 1.31 bits per heavy atom. The van der Waals surface area contributed by atoms with Gasteiger partial charge < -0.3 is 10.1 Å². The van der Waals surface area contributed by atoms with Crippen molar-refractivity contribution >= 4 is 0 Å². The number of benzene rings is 1. The average Bonchev–Trinajstić information content (AvgIpc) is 2.81. The van der Waals surface area contributed by atoms with Gasteiger partial charge in [0, 0.05) is 13.1 Å². The lowest BCUT2D eigenvalue weighted by Gasteiger charge is -2.13. The van der Waals surface area contributed by atoms with Crippen molar-refractivity contribution in [3.05, 3.63) is 41.7 Å². The third-order valence-corrected chi connectivity index (χ3v) is 3.28. The van der Waals surface area contributed by atoms with Crippen molar-refractivity contribution in [2.45, 2.75) is 12.5 Å². The molecule has 1 fully saturated rings. The molecule has 0 saturated carbocycles. The summed E-state index contributed by atoms with van der Waals surface area (Å²) in [5.41, 5.74) is 1.42. The molecule has 2 nitrogen and oxygen atoms in total. The van der Waals surface area contributed by atoms with E-state index in [0.29, 0.717) is 11.7 Å². The summed E-state index contributed by atoms with van der Waals surface area (Å²) in [5.74, 6) is 0.671. The molecule has 3 heteroatoms. The predicted octanol–water partition coefficient (Wildman–Crippen LogP) is 2.12. The van der Waals surface area contributed by atoms with Crippen molar-refractivity contribution in [1.29, 1.82) is 0 Å². The van der Waals surface area contributed by atoms with Gasteiger partial charge in [-0.25, -0.2) is 4.39 Å². The van der Waals surface area contributed by atoms with Gasteiger partial charge in [0.1, 0.15) is 6.10 Å². The van der Waals surface area contributed by atoms with Crippen LogP contribution in [0.1, 0.15) is 6.42 Å². The fourth-order valence-corrected chi connectivity index (χ4v) is 2.47. The Kier molecular flexibility index (Phi) is 2.40. The quantitative estimate of drug-likeness (QED) is 0.769. The summed E-state index contributed by atoms with van der Waals surface area (Å²) < 4.78 is 19.0. The Labute approximate surface area is 94.1 Å². The van der Waals surface area contributed by atoms with Crippen LogP contribution in [-0.4, -0.2) is 19.2 Å². The van der Waals surface area contributed by atoms with Crippen LogP contribution in [0.25, 0.3) is 0 Å². The lowest BCUT2D eigenvalue weighted by molar-refractivity contribution is 0.225. The number of ether oxygens (including phenoxy) is 1. The molecular formula is C13H14FNO. The van der Waals surface area contributed by atoms with Crippen LogP contribution in [-0.2, 0) is 0 Å². The largest absolute Gasteiger partial charge is 0.483 e. The Morgan fingerprint density at radius 2 is 2.19 bits per heavy atom. The molecule has 0 radical (unpaired) electrons. The number of fused-ring (bicyclic) bond motifs is 1. The standard InChI is InChI=1S/C13H14FNO/c14-12-3-1-2-4-13(12)16-11-5-9-7-15-8-10(9)6-11/h1-5,10-11,15H,6-8H2/t10-,11-/m0/s1. The molecule has 3 rings (SSSR count). The summed E-state index contributed by atoms with van der Waals surface area (Å²) in [5, 5.41) is 3.32. The Morgan fingerprint density at radius 3 is 3.00 bits per heavy atom. The van der Waals surface area contributed by atoms with Crippen LogP contribution in [0.2, 0.25) is 0 Å². The van der Waals surface area contributed by atoms with Gasteiger partial charge in [-0.15, -0.1) is 0 Å². The second kappa shape index (κ2) is 3.91. The zero-order chi connectivity index (χ0) is 11.0. The summed E-state index contributed by atoms with van der Waals surface area (Å²) in [6, 6.07) is 6.58. The molecule has 84 valence electrons. The highest BCUT2D eigenvalue weighted by atomic mass is 19.1. The Hall–Kier alpha value is -1.35. The maximum atomic E-state index is 13.4. The van der Waals surface area contributed by atoms with Gasteiger partial charge in [-0.1, -0.05) is 17.7 Å². The van der Waals surface area contributed by atoms with Crippen LogP contribution >= 0.6 is 0 Å². The van der Waals surface area contributed by atoms with Crippen molar-refractivity contribution in [3.63, 3.8) is 0 Å². The summed E-state index contributed by atoms with van der Waals surface area (Å²) in [4.78, 5) is 0. The first-order valence-electron chi connectivity index (χ1n) is 5.65. The van der Waals surface area contributed by atoms with E-state index in [-0.39, 0.29) is 11.9 Å². The minimum Gasteiger partial charge on any atom is -0.483 e. The van der Waals surface area contributed by atoms with Gasteiger partial charge in [0.05, 0.1) is 0 Å². The molecule has 0 bridgehead atoms. The zero-order valence-corrected chi connectivity index (χ0v) is 8.95. The summed E-state index contributed by atoms with van der Waals surface area (Å²) in [6.45, 7) is 1.99. The molecule has 0 unspecified atom stereocenters. The first kappa shape index (κ1) is 9.85. The van der Waals surface area contributed by atoms with E-state index in [9.17, 15) is 4.39 Å². The van der Waals surface area contributed by atoms with Crippen molar-refractivity contribution in [1.82, 2.24) is 5.32 Å². The maximum Gasteiger partial charge on any atom is 0.165 e. The lowest BCUT2D eigenvalue weighted by Crippen LogP contribution is -2.17. The van der Waals surface area contributed by atoms with Crippen molar-refractivity contribution in [2.75, 3.05) is 13.1 Å². The van der Waals surface area contributed by atoms with Gasteiger partial charge in [-0.05, 0) is 30.5 Å². The van der Waals surface area contributed by atoms with Gasteiger partial charge in [0.15, 0.2) is 11.6 Å². The predicted molar refractivity (Wildman–Crippen MR) is 59.9 cm³/mol. The van der Waals surface area contributed by atoms with E-state index in [1.54, 1.807) is 18.2 Å². The molecule has 0 amide bonds. The third-order valence-electron chi connectivity index (χ3n) is 3.28. The summed E-state index contributed by atoms with van der Waals surface area (Å²) in [7, 11) is 0. The molecule has 0 aromatic heterocycles. The van der Waals surface area contributed by atoms with Crippen molar-refractivity contribution in [3.8, 4) is 5.75 Å². The molecule has 0 spiro atoms. The van der Waals surface area contributed by atoms with E-state index in [1.807, 2.05) is 0 Å². The fourth-order valence-electron chi connectivity index (χ4n) is 2.47. The first-order valence-corrected chi connectivity index (χ1v) is 5.65. The van der Waals surface area contributed by atoms with Gasteiger partial charge in [0.25, 0.3) is 0 Å². The van der Waals surface area contributed by atoms with Gasteiger partial charge in [-0.3, -0.25) is 0 Å². The zero-order valence-electron chi connectivity index (χ0n) is 8.95. The number of hydrogen-bond acceptors (Lipinski definition) is 2. The second-order valence-corrected chi connectivity index (χ2v) is 4.39. The van der Waals surface area contributed by atoms with Gasteiger partial charge in [0.2, 0.25) is 0 Å². The number of rotatable bonds is 2. The molecule has 1 aliphatic carbocycles. The smallest absolute Gasteiger partial charge is 0.165 e. The number of nitrogens with one attached hydrogen (secondary N) is 1. The van der Waals surface area contributed by atoms with E-state index in [2.05, 4.69) is 11.4 Å². The molecule has 1 N–H and O–H groups in total. The minimum absolute atomic E-state index is 0.0407. The first-order chi connectivity index (χ1) is 7.83. The highest BCUT2D eigenvalue weighted by molar-refractivity contribution is 5.27. The molecule has 1 saturated heterocycles. The minimum atomic E-state index is -0.281. The van der Waals surface area contributed by atoms with Crippen molar-refractivity contribution in [2.24, 2.45) is 5.92 Å². The average molecular weight is 219 g/mol. The molecule has 1 aromatic carbocycles. The molecule has 2 atom stereocenters. The van der Waals surface area contributed by atoms with Gasteiger partial charge in [-0.2, -0.15) is 0 Å². The molecule has 1 aliphatic heterocycles. The third kappa shape index (κ3) is 1.71. The van der Waals surface area contributed by atoms with E-state index in [4.69, 9.17) is 4.74 Å². The fraction of sp³-hybridized carbons (Fsp3) is 0.385. The van der Waals surface area contributed by atoms with E-state index < -0.39 is 0 Å². The van der Waals surface area contributed by atoms with Crippen LogP contribution in [0.4, 0.5) is 4.39 Å². The molecular weight excluding hydrogens is 205 g/mol. The number of hydrogen-bond donors (Lipinski definition) is 1. The molecule has 1 heterocycles. The Bertz CT molecular complexity index is 430. The molecule has 1 aromatic rings. The monoisotopic (exact) mass is 219 g/mol. The second-order valence-electron chi connectivity index (χ2n) is 4.39. The van der Waals surface area contributed by atoms with Crippen LogP contribution < -0.4 is 10.1 Å². The lowest BCUT2D eigenvalue weighted by atomic mass is 10.1. The summed E-state index contributed by atoms with van der Waals surface area (Å²) in [6.07, 6.45) is 3.15. The van der Waals surface area contributed by atoms with E-state index >= 15 is 0 Å². The van der Waals surface area contributed by atoms with Crippen LogP contribution in [0.3, 0.4) is 0 Å². The van der Waals surface area contributed by atoms with Gasteiger partial charge >= 0.3 is 0 Å². The van der Waals surface area contributed by atoms with Crippen LogP contribution in [0, 0.1) is 11.7 Å². The SMILES string of the molecule is Fc1ccccc1O[C@H]1C=C2CNC[C@@H]2C1.